The average Bonchev–Trinajstić information content (AvgIpc) is 3.40. The Hall–Kier alpha value is -3.37. The van der Waals surface area contributed by atoms with Crippen LogP contribution in [0.1, 0.15) is 6.42 Å². The SMILES string of the molecule is COc1cnc(Nc2cccc(S(N)(=O)=O)c2)nc1N1CC2CC1CN2c1ccccc1. The van der Waals surface area contributed by atoms with E-state index in [4.69, 9.17) is 14.9 Å². The van der Waals surface area contributed by atoms with Crippen molar-refractivity contribution in [2.45, 2.75) is 23.4 Å². The molecule has 2 atom stereocenters. The first-order valence-corrected chi connectivity index (χ1v) is 11.9. The lowest BCUT2D eigenvalue weighted by atomic mass is 10.2. The molecule has 32 heavy (non-hydrogen) atoms. The van der Waals surface area contributed by atoms with Crippen molar-refractivity contribution in [3.05, 3.63) is 60.8 Å². The summed E-state index contributed by atoms with van der Waals surface area (Å²) in [4.78, 5) is 13.8. The molecule has 2 unspecified atom stereocenters. The molecule has 0 saturated carbocycles. The number of hydrogen-bond donors (Lipinski definition) is 2. The summed E-state index contributed by atoms with van der Waals surface area (Å²) >= 11 is 0. The van der Waals surface area contributed by atoms with Crippen molar-refractivity contribution in [1.82, 2.24) is 9.97 Å². The number of nitrogens with one attached hydrogen (secondary N) is 1. The molecule has 0 amide bonds. The van der Waals surface area contributed by atoms with Gasteiger partial charge in [-0.25, -0.2) is 18.5 Å². The Balaban J connectivity index is 1.39. The summed E-state index contributed by atoms with van der Waals surface area (Å²) < 4.78 is 28.8. The highest BCUT2D eigenvalue weighted by molar-refractivity contribution is 7.89. The summed E-state index contributed by atoms with van der Waals surface area (Å²) in [5, 5.41) is 8.31. The van der Waals surface area contributed by atoms with Gasteiger partial charge in [0.1, 0.15) is 0 Å². The number of aromatic nitrogens is 2. The molecular weight excluding hydrogens is 428 g/mol. The number of nitrogens with two attached hydrogens (primary N) is 1. The molecule has 1 aromatic heterocycles. The van der Waals surface area contributed by atoms with Crippen molar-refractivity contribution >= 4 is 33.2 Å². The molecule has 10 heteroatoms. The van der Waals surface area contributed by atoms with E-state index in [2.05, 4.69) is 44.4 Å². The van der Waals surface area contributed by atoms with Gasteiger partial charge in [0.2, 0.25) is 16.0 Å². The zero-order chi connectivity index (χ0) is 22.3. The molecule has 166 valence electrons. The van der Waals surface area contributed by atoms with Crippen LogP contribution < -0.4 is 25.0 Å². The maximum atomic E-state index is 11.6. The predicted octanol–water partition coefficient (Wildman–Crippen LogP) is 2.34. The van der Waals surface area contributed by atoms with Gasteiger partial charge in [0.05, 0.1) is 24.2 Å². The number of ether oxygens (including phenoxy) is 1. The molecule has 0 aliphatic carbocycles. The number of nitrogens with zero attached hydrogens (tertiary/aromatic N) is 4. The Morgan fingerprint density at radius 3 is 2.50 bits per heavy atom. The zero-order valence-corrected chi connectivity index (χ0v) is 18.4. The number of hydrogen-bond acceptors (Lipinski definition) is 8. The van der Waals surface area contributed by atoms with Gasteiger partial charge >= 0.3 is 0 Å². The Bertz CT molecular complexity index is 1240. The maximum absolute atomic E-state index is 11.6. The van der Waals surface area contributed by atoms with Crippen LogP contribution in [0.4, 0.5) is 23.1 Å². The number of fused-ring (bicyclic) bond motifs is 2. The first kappa shape index (κ1) is 20.5. The third-order valence-corrected chi connectivity index (χ3v) is 6.89. The third-order valence-electron chi connectivity index (χ3n) is 5.98. The Kier molecular flexibility index (Phi) is 5.10. The molecule has 9 nitrogen and oxygen atoms in total. The molecule has 2 aliphatic heterocycles. The molecule has 2 aromatic carbocycles. The summed E-state index contributed by atoms with van der Waals surface area (Å²) in [6.45, 7) is 1.76. The van der Waals surface area contributed by atoms with E-state index < -0.39 is 10.0 Å². The van der Waals surface area contributed by atoms with E-state index in [1.54, 1.807) is 25.4 Å². The molecule has 2 fully saturated rings. The first-order chi connectivity index (χ1) is 15.4. The van der Waals surface area contributed by atoms with Gasteiger partial charge in [-0.2, -0.15) is 4.98 Å². The molecule has 3 aromatic rings. The Morgan fingerprint density at radius 1 is 1.06 bits per heavy atom. The first-order valence-electron chi connectivity index (χ1n) is 10.3. The molecule has 5 rings (SSSR count). The summed E-state index contributed by atoms with van der Waals surface area (Å²) in [6, 6.07) is 17.4. The van der Waals surface area contributed by atoms with Gasteiger partial charge in [-0.15, -0.1) is 0 Å². The average molecular weight is 453 g/mol. The van der Waals surface area contributed by atoms with Crippen LogP contribution in [0.15, 0.2) is 65.7 Å². The quantitative estimate of drug-likeness (QED) is 0.586. The van der Waals surface area contributed by atoms with Crippen LogP contribution in [-0.2, 0) is 10.0 Å². The van der Waals surface area contributed by atoms with Crippen molar-refractivity contribution in [2.75, 3.05) is 35.3 Å². The highest BCUT2D eigenvalue weighted by atomic mass is 32.2. The molecule has 0 radical (unpaired) electrons. The Labute approximate surface area is 186 Å². The fourth-order valence-electron chi connectivity index (χ4n) is 4.51. The van der Waals surface area contributed by atoms with Crippen LogP contribution in [-0.4, -0.2) is 50.7 Å². The van der Waals surface area contributed by atoms with Crippen molar-refractivity contribution in [3.63, 3.8) is 0 Å². The number of sulfonamides is 1. The number of rotatable bonds is 6. The van der Waals surface area contributed by atoms with Crippen LogP contribution in [0.5, 0.6) is 5.75 Å². The standard InChI is InChI=1S/C22H24N6O3S/c1-31-20-12-24-22(25-15-6-5-9-19(10-15)32(23,29)30)26-21(20)28-14-17-11-18(28)13-27(17)16-7-3-2-4-8-16/h2-10,12,17-18H,11,13-14H2,1H3,(H2,23,29,30)(H,24,25,26). The summed E-state index contributed by atoms with van der Waals surface area (Å²) in [6.07, 6.45) is 2.69. The van der Waals surface area contributed by atoms with Gasteiger partial charge < -0.3 is 19.9 Å². The molecule has 2 saturated heterocycles. The lowest BCUT2D eigenvalue weighted by molar-refractivity contribution is 0.409. The predicted molar refractivity (Wildman–Crippen MR) is 123 cm³/mol. The van der Waals surface area contributed by atoms with E-state index >= 15 is 0 Å². The van der Waals surface area contributed by atoms with Crippen LogP contribution in [0.3, 0.4) is 0 Å². The number of piperazine rings is 1. The van der Waals surface area contributed by atoms with Crippen molar-refractivity contribution in [3.8, 4) is 5.75 Å². The monoisotopic (exact) mass is 452 g/mol. The summed E-state index contributed by atoms with van der Waals surface area (Å²) in [5.41, 5.74) is 1.78. The van der Waals surface area contributed by atoms with Gasteiger partial charge in [0.25, 0.3) is 0 Å². The molecule has 3 N–H and O–H groups in total. The van der Waals surface area contributed by atoms with Gasteiger partial charge in [0, 0.05) is 30.5 Å². The number of anilines is 4. The molecule has 2 aliphatic rings. The second kappa shape index (κ2) is 7.95. The van der Waals surface area contributed by atoms with Crippen molar-refractivity contribution < 1.29 is 13.2 Å². The second-order valence-electron chi connectivity index (χ2n) is 7.97. The molecule has 2 bridgehead atoms. The molecule has 0 spiro atoms. The molecule has 3 heterocycles. The van der Waals surface area contributed by atoms with E-state index in [1.807, 2.05) is 6.07 Å². The number of primary sulfonamides is 1. The minimum absolute atomic E-state index is 0.0223. The fourth-order valence-corrected chi connectivity index (χ4v) is 5.07. The summed E-state index contributed by atoms with van der Waals surface area (Å²) in [5.74, 6) is 1.69. The number of benzene rings is 2. The third kappa shape index (κ3) is 3.82. The Morgan fingerprint density at radius 2 is 1.81 bits per heavy atom. The minimum Gasteiger partial charge on any atom is -0.491 e. The highest BCUT2D eigenvalue weighted by Crippen LogP contribution is 2.40. The summed E-state index contributed by atoms with van der Waals surface area (Å²) in [7, 11) is -2.19. The highest BCUT2D eigenvalue weighted by Gasteiger charge is 2.44. The van der Waals surface area contributed by atoms with Gasteiger partial charge in [-0.3, -0.25) is 0 Å². The van der Waals surface area contributed by atoms with E-state index in [1.165, 1.54) is 17.8 Å². The van der Waals surface area contributed by atoms with E-state index in [0.717, 1.165) is 25.3 Å². The lowest BCUT2D eigenvalue weighted by Crippen LogP contribution is -2.47. The zero-order valence-electron chi connectivity index (χ0n) is 17.5. The van der Waals surface area contributed by atoms with Crippen molar-refractivity contribution in [1.29, 1.82) is 0 Å². The number of methoxy groups -OCH3 is 1. The van der Waals surface area contributed by atoms with Crippen LogP contribution in [0, 0.1) is 0 Å². The normalized spacial score (nSPS) is 19.9. The lowest BCUT2D eigenvalue weighted by Gasteiger charge is -2.36. The van der Waals surface area contributed by atoms with Gasteiger partial charge in [-0.1, -0.05) is 24.3 Å². The topological polar surface area (TPSA) is 114 Å². The second-order valence-corrected chi connectivity index (χ2v) is 9.53. The largest absolute Gasteiger partial charge is 0.491 e. The molecular formula is C22H24N6O3S. The minimum atomic E-state index is -3.80. The van der Waals surface area contributed by atoms with E-state index in [-0.39, 0.29) is 4.90 Å². The smallest absolute Gasteiger partial charge is 0.238 e. The van der Waals surface area contributed by atoms with Gasteiger partial charge in [-0.05, 0) is 36.8 Å². The number of para-hydroxylation sites is 1. The van der Waals surface area contributed by atoms with Gasteiger partial charge in [0.15, 0.2) is 11.6 Å². The van der Waals surface area contributed by atoms with Crippen LogP contribution >= 0.6 is 0 Å². The van der Waals surface area contributed by atoms with E-state index in [9.17, 15) is 8.42 Å². The van der Waals surface area contributed by atoms with Crippen molar-refractivity contribution in [2.24, 2.45) is 5.14 Å². The fraction of sp³-hybridized carbons (Fsp3) is 0.273. The van der Waals surface area contributed by atoms with E-state index in [0.29, 0.717) is 29.5 Å². The van der Waals surface area contributed by atoms with Crippen LogP contribution in [0.2, 0.25) is 0 Å². The maximum Gasteiger partial charge on any atom is 0.238 e. The van der Waals surface area contributed by atoms with Crippen LogP contribution in [0.25, 0.3) is 0 Å².